The van der Waals surface area contributed by atoms with Crippen LogP contribution in [0.25, 0.3) is 0 Å². The van der Waals surface area contributed by atoms with Gasteiger partial charge >= 0.3 is 5.97 Å². The summed E-state index contributed by atoms with van der Waals surface area (Å²) in [5, 5.41) is 5.74. The minimum Gasteiger partial charge on any atom is -0.462 e. The summed E-state index contributed by atoms with van der Waals surface area (Å²) in [6, 6.07) is 0. The molecule has 0 spiro atoms. The van der Waals surface area contributed by atoms with Gasteiger partial charge in [0.2, 0.25) is 0 Å². The average molecular weight is 432 g/mol. The Labute approximate surface area is 180 Å². The van der Waals surface area contributed by atoms with Crippen LogP contribution in [0.4, 0.5) is 5.00 Å². The maximum absolute atomic E-state index is 13.1. The molecule has 1 N–H and O–H groups in total. The van der Waals surface area contributed by atoms with E-state index in [4.69, 9.17) is 4.74 Å². The van der Waals surface area contributed by atoms with Crippen LogP contribution >= 0.6 is 22.7 Å². The molecule has 2 atom stereocenters. The van der Waals surface area contributed by atoms with Crippen LogP contribution in [-0.4, -0.2) is 18.5 Å². The summed E-state index contributed by atoms with van der Waals surface area (Å²) >= 11 is 3.26. The zero-order chi connectivity index (χ0) is 20.5. The molecule has 4 rings (SSSR count). The SMILES string of the molecule is CCOC(=O)c1c(NC(=O)c2csc3c2CC[C@H](C)C3)sc2c1CC[C@@H](CC)C2. The highest BCUT2D eigenvalue weighted by atomic mass is 32.1. The van der Waals surface area contributed by atoms with Gasteiger partial charge in [0, 0.05) is 15.1 Å². The van der Waals surface area contributed by atoms with Gasteiger partial charge < -0.3 is 10.1 Å². The summed E-state index contributed by atoms with van der Waals surface area (Å²) in [5.74, 6) is 0.943. The number of rotatable bonds is 5. The van der Waals surface area contributed by atoms with E-state index in [-0.39, 0.29) is 11.9 Å². The second-order valence-electron chi connectivity index (χ2n) is 8.30. The van der Waals surface area contributed by atoms with Crippen molar-refractivity contribution in [2.75, 3.05) is 11.9 Å². The van der Waals surface area contributed by atoms with Crippen LogP contribution in [0.1, 0.15) is 81.6 Å². The molecule has 0 unspecified atom stereocenters. The van der Waals surface area contributed by atoms with E-state index in [1.165, 1.54) is 15.3 Å². The molecule has 0 bridgehead atoms. The van der Waals surface area contributed by atoms with Gasteiger partial charge in [0.25, 0.3) is 5.91 Å². The van der Waals surface area contributed by atoms with Crippen molar-refractivity contribution in [1.82, 2.24) is 0 Å². The molecule has 6 heteroatoms. The molecule has 2 heterocycles. The van der Waals surface area contributed by atoms with E-state index in [1.807, 2.05) is 12.3 Å². The average Bonchev–Trinajstić information content (AvgIpc) is 3.27. The molecule has 29 heavy (non-hydrogen) atoms. The summed E-state index contributed by atoms with van der Waals surface area (Å²) in [5.41, 5.74) is 3.67. The highest BCUT2D eigenvalue weighted by molar-refractivity contribution is 7.17. The Hall–Kier alpha value is -1.66. The molecule has 156 valence electrons. The molecule has 2 aromatic rings. The first kappa shape index (κ1) is 20.6. The molecule has 0 saturated heterocycles. The van der Waals surface area contributed by atoms with Gasteiger partial charge in [-0.3, -0.25) is 4.79 Å². The summed E-state index contributed by atoms with van der Waals surface area (Å²) < 4.78 is 5.34. The Morgan fingerprint density at radius 3 is 2.69 bits per heavy atom. The number of carbonyl (C=O) groups excluding carboxylic acids is 2. The lowest BCUT2D eigenvalue weighted by molar-refractivity contribution is 0.0526. The third-order valence-corrected chi connectivity index (χ3v) is 8.52. The Bertz CT molecular complexity index is 927. The lowest BCUT2D eigenvalue weighted by Crippen LogP contribution is -2.18. The molecular weight excluding hydrogens is 402 g/mol. The number of hydrogen-bond donors (Lipinski definition) is 1. The largest absolute Gasteiger partial charge is 0.462 e. The summed E-state index contributed by atoms with van der Waals surface area (Å²) in [6.45, 7) is 6.65. The van der Waals surface area contributed by atoms with E-state index in [0.29, 0.717) is 29.0 Å². The molecule has 2 aliphatic carbocycles. The van der Waals surface area contributed by atoms with Crippen LogP contribution in [-0.2, 0) is 30.4 Å². The highest BCUT2D eigenvalue weighted by Crippen LogP contribution is 2.41. The number of thiophene rings is 2. The van der Waals surface area contributed by atoms with Crippen LogP contribution < -0.4 is 5.32 Å². The topological polar surface area (TPSA) is 55.4 Å². The minimum absolute atomic E-state index is 0.0896. The van der Waals surface area contributed by atoms with Crippen LogP contribution in [0.3, 0.4) is 0 Å². The number of nitrogens with one attached hydrogen (secondary N) is 1. The fourth-order valence-corrected chi connectivity index (χ4v) is 7.14. The molecule has 4 nitrogen and oxygen atoms in total. The lowest BCUT2D eigenvalue weighted by atomic mass is 9.85. The van der Waals surface area contributed by atoms with Crippen molar-refractivity contribution in [2.45, 2.75) is 65.7 Å². The van der Waals surface area contributed by atoms with Crippen molar-refractivity contribution in [3.8, 4) is 0 Å². The normalized spacial score (nSPS) is 20.7. The van der Waals surface area contributed by atoms with Crippen molar-refractivity contribution in [2.24, 2.45) is 11.8 Å². The summed E-state index contributed by atoms with van der Waals surface area (Å²) in [6.07, 6.45) is 7.28. The second-order valence-corrected chi connectivity index (χ2v) is 10.4. The van der Waals surface area contributed by atoms with Crippen molar-refractivity contribution >= 4 is 39.6 Å². The second kappa shape index (κ2) is 8.60. The van der Waals surface area contributed by atoms with Gasteiger partial charge in [-0.25, -0.2) is 4.79 Å². The minimum atomic E-state index is -0.309. The Balaban J connectivity index is 1.64. The zero-order valence-corrected chi connectivity index (χ0v) is 19.1. The molecule has 0 radical (unpaired) electrons. The van der Waals surface area contributed by atoms with E-state index in [2.05, 4.69) is 19.2 Å². The predicted molar refractivity (Wildman–Crippen MR) is 120 cm³/mol. The summed E-state index contributed by atoms with van der Waals surface area (Å²) in [7, 11) is 0. The third kappa shape index (κ3) is 4.02. The van der Waals surface area contributed by atoms with E-state index >= 15 is 0 Å². The van der Waals surface area contributed by atoms with Gasteiger partial charge in [0.1, 0.15) is 5.00 Å². The number of esters is 1. The van der Waals surface area contributed by atoms with Crippen molar-refractivity contribution in [1.29, 1.82) is 0 Å². The Morgan fingerprint density at radius 1 is 1.14 bits per heavy atom. The quantitative estimate of drug-likeness (QED) is 0.602. The molecule has 0 aliphatic heterocycles. The van der Waals surface area contributed by atoms with Gasteiger partial charge in [-0.2, -0.15) is 0 Å². The molecular formula is C23H29NO3S2. The highest BCUT2D eigenvalue weighted by Gasteiger charge is 2.31. The molecule has 0 aromatic carbocycles. The number of amides is 1. The Kier molecular flexibility index (Phi) is 6.11. The van der Waals surface area contributed by atoms with Gasteiger partial charge in [-0.1, -0.05) is 20.3 Å². The van der Waals surface area contributed by atoms with Crippen molar-refractivity contribution in [3.05, 3.63) is 37.4 Å². The number of hydrogen-bond acceptors (Lipinski definition) is 5. The molecule has 2 aliphatic rings. The monoisotopic (exact) mass is 431 g/mol. The zero-order valence-electron chi connectivity index (χ0n) is 17.4. The first-order valence-corrected chi connectivity index (χ1v) is 12.4. The summed E-state index contributed by atoms with van der Waals surface area (Å²) in [4.78, 5) is 28.4. The van der Waals surface area contributed by atoms with Crippen LogP contribution in [0.2, 0.25) is 0 Å². The van der Waals surface area contributed by atoms with E-state index in [9.17, 15) is 9.59 Å². The number of anilines is 1. The fraction of sp³-hybridized carbons (Fsp3) is 0.565. The first-order chi connectivity index (χ1) is 14.0. The molecule has 1 amide bonds. The maximum atomic E-state index is 13.1. The first-order valence-electron chi connectivity index (χ1n) is 10.7. The van der Waals surface area contributed by atoms with Crippen molar-refractivity contribution in [3.63, 3.8) is 0 Å². The van der Waals surface area contributed by atoms with Crippen LogP contribution in [0, 0.1) is 11.8 Å². The van der Waals surface area contributed by atoms with Crippen molar-refractivity contribution < 1.29 is 14.3 Å². The molecule has 0 fully saturated rings. The van der Waals surface area contributed by atoms with Gasteiger partial charge in [0.05, 0.1) is 17.7 Å². The standard InChI is InChI=1S/C23H29NO3S2/c1-4-14-7-9-16-19(11-14)29-22(20(16)23(26)27-5-2)24-21(25)17-12-28-18-10-13(3)6-8-15(17)18/h12-14H,4-11H2,1-3H3,(H,24,25)/t13-,14+/m0/s1. The number of ether oxygens (including phenoxy) is 1. The van der Waals surface area contributed by atoms with E-state index in [1.54, 1.807) is 22.7 Å². The van der Waals surface area contributed by atoms with Gasteiger partial charge in [0.15, 0.2) is 0 Å². The van der Waals surface area contributed by atoms with Gasteiger partial charge in [-0.05, 0) is 68.4 Å². The third-order valence-electron chi connectivity index (χ3n) is 6.30. The Morgan fingerprint density at radius 2 is 1.93 bits per heavy atom. The van der Waals surface area contributed by atoms with E-state index in [0.717, 1.165) is 56.1 Å². The smallest absolute Gasteiger partial charge is 0.341 e. The maximum Gasteiger partial charge on any atom is 0.341 e. The number of fused-ring (bicyclic) bond motifs is 2. The van der Waals surface area contributed by atoms with Gasteiger partial charge in [-0.15, -0.1) is 22.7 Å². The predicted octanol–water partition coefficient (Wildman–Crippen LogP) is 5.88. The lowest BCUT2D eigenvalue weighted by Gasteiger charge is -2.21. The molecule has 2 aromatic heterocycles. The molecule has 0 saturated carbocycles. The van der Waals surface area contributed by atoms with E-state index < -0.39 is 0 Å². The van der Waals surface area contributed by atoms with Crippen LogP contribution in [0.15, 0.2) is 5.38 Å². The van der Waals surface area contributed by atoms with Crippen LogP contribution in [0.5, 0.6) is 0 Å². The fourth-order valence-electron chi connectivity index (χ4n) is 4.55. The number of carbonyl (C=O) groups is 2.